The number of ether oxygens (including phenoxy) is 1. The highest BCUT2D eigenvalue weighted by Crippen LogP contribution is 2.18. The van der Waals surface area contributed by atoms with Crippen molar-refractivity contribution in [2.24, 2.45) is 0 Å². The Hall–Kier alpha value is -3.74. The summed E-state index contributed by atoms with van der Waals surface area (Å²) < 4.78 is 6.30. The van der Waals surface area contributed by atoms with Crippen LogP contribution in [0.2, 0.25) is 0 Å². The minimum absolute atomic E-state index is 0.164. The molecule has 0 aliphatic heterocycles. The largest absolute Gasteiger partial charge is 0.465 e. The molecule has 148 valence electrons. The van der Waals surface area contributed by atoms with E-state index in [4.69, 9.17) is 0 Å². The van der Waals surface area contributed by atoms with Gasteiger partial charge in [-0.2, -0.15) is 5.10 Å². The number of carbonyl (C=O) groups excluding carboxylic acids is 3. The van der Waals surface area contributed by atoms with Crippen LogP contribution < -0.4 is 5.32 Å². The van der Waals surface area contributed by atoms with Crippen LogP contribution in [0.15, 0.2) is 54.6 Å². The molecule has 3 aromatic rings. The Bertz CT molecular complexity index is 1050. The van der Waals surface area contributed by atoms with E-state index in [-0.39, 0.29) is 6.54 Å². The van der Waals surface area contributed by atoms with Crippen LogP contribution in [0.3, 0.4) is 0 Å². The summed E-state index contributed by atoms with van der Waals surface area (Å²) in [6.45, 7) is 3.63. The number of nitrogens with zero attached hydrogens (tertiary/aromatic N) is 2. The second-order valence-electron chi connectivity index (χ2n) is 6.49. The maximum absolute atomic E-state index is 12.7. The molecule has 0 unspecified atom stereocenters. The molecule has 0 saturated heterocycles. The lowest BCUT2D eigenvalue weighted by Crippen LogP contribution is -2.31. The molecule has 0 atom stereocenters. The van der Waals surface area contributed by atoms with Gasteiger partial charge in [0.05, 0.1) is 35.3 Å². The molecular formula is C22H21N3O4. The summed E-state index contributed by atoms with van der Waals surface area (Å²) in [6, 6.07) is 16.0. The van der Waals surface area contributed by atoms with Crippen LogP contribution in [0.4, 0.5) is 0 Å². The summed E-state index contributed by atoms with van der Waals surface area (Å²) in [7, 11) is 1.31. The van der Waals surface area contributed by atoms with Crippen molar-refractivity contribution in [3.8, 4) is 5.69 Å². The molecule has 0 fully saturated rings. The van der Waals surface area contributed by atoms with Crippen LogP contribution in [0, 0.1) is 13.8 Å². The van der Waals surface area contributed by atoms with Crippen molar-refractivity contribution in [2.75, 3.05) is 7.11 Å². The van der Waals surface area contributed by atoms with Gasteiger partial charge < -0.3 is 10.1 Å². The number of carbonyl (C=O) groups is 3. The molecule has 0 bridgehead atoms. The first kappa shape index (κ1) is 20.0. The van der Waals surface area contributed by atoms with E-state index in [1.165, 1.54) is 7.11 Å². The van der Waals surface area contributed by atoms with Crippen molar-refractivity contribution in [3.63, 3.8) is 0 Å². The van der Waals surface area contributed by atoms with E-state index in [2.05, 4.69) is 15.2 Å². The summed E-state index contributed by atoms with van der Waals surface area (Å²) in [5.41, 5.74) is 3.39. The van der Waals surface area contributed by atoms with E-state index in [0.717, 1.165) is 11.3 Å². The van der Waals surface area contributed by atoms with Crippen LogP contribution >= 0.6 is 0 Å². The van der Waals surface area contributed by atoms with Crippen LogP contribution in [0.25, 0.3) is 5.69 Å². The predicted molar refractivity (Wildman–Crippen MR) is 107 cm³/mol. The number of ketones is 1. The van der Waals surface area contributed by atoms with Gasteiger partial charge in [-0.25, -0.2) is 9.48 Å². The number of rotatable bonds is 6. The number of nitrogens with one attached hydrogen (secondary N) is 1. The highest BCUT2D eigenvalue weighted by molar-refractivity contribution is 6.43. The number of hydrogen-bond acceptors (Lipinski definition) is 5. The molecule has 3 rings (SSSR count). The van der Waals surface area contributed by atoms with Gasteiger partial charge in [0.2, 0.25) is 0 Å². The molecule has 7 nitrogen and oxygen atoms in total. The van der Waals surface area contributed by atoms with E-state index in [1.807, 2.05) is 30.3 Å². The van der Waals surface area contributed by atoms with Gasteiger partial charge in [-0.05, 0) is 43.7 Å². The Morgan fingerprint density at radius 3 is 2.28 bits per heavy atom. The fraction of sp³-hybridized carbons (Fsp3) is 0.182. The van der Waals surface area contributed by atoms with Crippen molar-refractivity contribution in [1.82, 2.24) is 15.1 Å². The fourth-order valence-corrected chi connectivity index (χ4v) is 3.04. The minimum atomic E-state index is -0.708. The normalized spacial score (nSPS) is 10.4. The van der Waals surface area contributed by atoms with Gasteiger partial charge in [-0.1, -0.05) is 30.3 Å². The SMILES string of the molecule is COC(=O)c1ccc(CNC(=O)C(=O)c2c(C)nn(-c3ccccc3)c2C)cc1. The third-order valence-corrected chi connectivity index (χ3v) is 4.55. The van der Waals surface area contributed by atoms with E-state index in [1.54, 1.807) is 42.8 Å². The molecule has 2 aromatic carbocycles. The molecule has 0 aliphatic rings. The van der Waals surface area contributed by atoms with E-state index in [0.29, 0.717) is 22.5 Å². The number of esters is 1. The molecule has 29 heavy (non-hydrogen) atoms. The van der Waals surface area contributed by atoms with Gasteiger partial charge in [0, 0.05) is 6.54 Å². The number of amides is 1. The van der Waals surface area contributed by atoms with Crippen molar-refractivity contribution in [1.29, 1.82) is 0 Å². The topological polar surface area (TPSA) is 90.3 Å². The highest BCUT2D eigenvalue weighted by atomic mass is 16.5. The third kappa shape index (κ3) is 4.24. The van der Waals surface area contributed by atoms with E-state index in [9.17, 15) is 14.4 Å². The molecule has 0 saturated carbocycles. The molecular weight excluding hydrogens is 370 g/mol. The lowest BCUT2D eigenvalue weighted by atomic mass is 10.1. The molecule has 1 aromatic heterocycles. The number of hydrogen-bond donors (Lipinski definition) is 1. The van der Waals surface area contributed by atoms with Crippen LogP contribution in [-0.2, 0) is 16.1 Å². The van der Waals surface area contributed by atoms with Gasteiger partial charge >= 0.3 is 5.97 Å². The predicted octanol–water partition coefficient (Wildman–Crippen LogP) is 2.77. The Morgan fingerprint density at radius 1 is 1.00 bits per heavy atom. The lowest BCUT2D eigenvalue weighted by Gasteiger charge is -2.07. The monoisotopic (exact) mass is 391 g/mol. The summed E-state index contributed by atoms with van der Waals surface area (Å²) in [5.74, 6) is -1.77. The third-order valence-electron chi connectivity index (χ3n) is 4.55. The van der Waals surface area contributed by atoms with Gasteiger partial charge in [0.15, 0.2) is 0 Å². The van der Waals surface area contributed by atoms with Crippen molar-refractivity contribution < 1.29 is 19.1 Å². The van der Waals surface area contributed by atoms with Crippen molar-refractivity contribution in [3.05, 3.63) is 82.7 Å². The van der Waals surface area contributed by atoms with Crippen LogP contribution in [0.5, 0.6) is 0 Å². The zero-order valence-electron chi connectivity index (χ0n) is 16.4. The number of aromatic nitrogens is 2. The Balaban J connectivity index is 1.72. The maximum atomic E-state index is 12.7. The zero-order valence-corrected chi connectivity index (χ0v) is 16.4. The van der Waals surface area contributed by atoms with Crippen LogP contribution in [-0.4, -0.2) is 34.6 Å². The van der Waals surface area contributed by atoms with Crippen molar-refractivity contribution in [2.45, 2.75) is 20.4 Å². The first-order valence-corrected chi connectivity index (χ1v) is 9.03. The van der Waals surface area contributed by atoms with Gasteiger partial charge in [0.25, 0.3) is 11.7 Å². The Labute approximate surface area is 168 Å². The molecule has 1 amide bonds. The number of para-hydroxylation sites is 1. The smallest absolute Gasteiger partial charge is 0.337 e. The Morgan fingerprint density at radius 2 is 1.66 bits per heavy atom. The second kappa shape index (κ2) is 8.52. The summed E-state index contributed by atoms with van der Waals surface area (Å²) in [6.07, 6.45) is 0. The summed E-state index contributed by atoms with van der Waals surface area (Å²) in [5, 5.41) is 7.03. The van der Waals surface area contributed by atoms with Crippen LogP contribution in [0.1, 0.15) is 37.7 Å². The van der Waals surface area contributed by atoms with E-state index >= 15 is 0 Å². The summed E-state index contributed by atoms with van der Waals surface area (Å²) >= 11 is 0. The number of aryl methyl sites for hydroxylation is 1. The zero-order chi connectivity index (χ0) is 21.0. The quantitative estimate of drug-likeness (QED) is 0.396. The molecule has 0 spiro atoms. The minimum Gasteiger partial charge on any atom is -0.465 e. The highest BCUT2D eigenvalue weighted by Gasteiger charge is 2.24. The molecule has 7 heteroatoms. The average Bonchev–Trinajstić information content (AvgIpc) is 3.05. The molecule has 1 N–H and O–H groups in total. The van der Waals surface area contributed by atoms with Gasteiger partial charge in [0.1, 0.15) is 0 Å². The number of benzene rings is 2. The number of methoxy groups -OCH3 is 1. The Kier molecular flexibility index (Phi) is 5.87. The summed E-state index contributed by atoms with van der Waals surface area (Å²) in [4.78, 5) is 36.6. The molecule has 1 heterocycles. The first-order chi connectivity index (χ1) is 13.9. The fourth-order valence-electron chi connectivity index (χ4n) is 3.04. The average molecular weight is 391 g/mol. The molecule has 0 radical (unpaired) electrons. The standard InChI is InChI=1S/C22H21N3O4/c1-14-19(15(2)25(24-14)18-7-5-4-6-8-18)20(26)21(27)23-13-16-9-11-17(12-10-16)22(28)29-3/h4-12H,13H2,1-3H3,(H,23,27). The first-order valence-electron chi connectivity index (χ1n) is 9.03. The number of Topliss-reactive ketones (excluding diaryl/α,β-unsaturated/α-hetero) is 1. The molecule has 0 aliphatic carbocycles. The van der Waals surface area contributed by atoms with Crippen molar-refractivity contribution >= 4 is 17.7 Å². The lowest BCUT2D eigenvalue weighted by molar-refractivity contribution is -0.117. The maximum Gasteiger partial charge on any atom is 0.337 e. The van der Waals surface area contributed by atoms with Gasteiger partial charge in [-0.3, -0.25) is 9.59 Å². The van der Waals surface area contributed by atoms with E-state index < -0.39 is 17.7 Å². The van der Waals surface area contributed by atoms with Gasteiger partial charge in [-0.15, -0.1) is 0 Å². The second-order valence-corrected chi connectivity index (χ2v) is 6.49.